The molecule has 0 aliphatic carbocycles. The Hall–Kier alpha value is -0.330. The Kier molecular flexibility index (Phi) is 4.15. The summed E-state index contributed by atoms with van der Waals surface area (Å²) < 4.78 is 25.5. The fraction of sp³-hybridized carbons (Fsp3) is 0.286. The minimum Gasteiger partial charge on any atom is -0.283 e. The monoisotopic (exact) mass is 298 g/mol. The van der Waals surface area contributed by atoms with Crippen LogP contribution in [0.4, 0.5) is 5.69 Å². The van der Waals surface area contributed by atoms with Crippen LogP contribution in [-0.4, -0.2) is 25.0 Å². The molecule has 1 heterocycles. The van der Waals surface area contributed by atoms with E-state index in [0.29, 0.717) is 10.3 Å². The highest BCUT2D eigenvalue weighted by Crippen LogP contribution is 2.14. The lowest BCUT2D eigenvalue weighted by molar-refractivity contribution is 0.602. The molecule has 14 heavy (non-hydrogen) atoms. The van der Waals surface area contributed by atoms with E-state index in [9.17, 15) is 8.42 Å². The molecule has 1 aromatic heterocycles. The first-order valence-electron chi connectivity index (χ1n) is 3.71. The van der Waals surface area contributed by atoms with Crippen molar-refractivity contribution in [1.29, 1.82) is 0 Å². The van der Waals surface area contributed by atoms with Crippen LogP contribution in [0, 0.1) is 0 Å². The summed E-state index contributed by atoms with van der Waals surface area (Å²) in [5, 5.41) is 0. The van der Waals surface area contributed by atoms with Crippen molar-refractivity contribution in [1.82, 2.24) is 4.98 Å². The van der Waals surface area contributed by atoms with E-state index in [-0.39, 0.29) is 11.6 Å². The van der Waals surface area contributed by atoms with Gasteiger partial charge in [0.2, 0.25) is 10.0 Å². The van der Waals surface area contributed by atoms with Gasteiger partial charge in [-0.2, -0.15) is 0 Å². The third-order valence-corrected chi connectivity index (χ3v) is 3.48. The normalized spacial score (nSPS) is 11.3. The van der Waals surface area contributed by atoms with E-state index in [1.807, 2.05) is 0 Å². The van der Waals surface area contributed by atoms with E-state index in [4.69, 9.17) is 11.6 Å². The van der Waals surface area contributed by atoms with Crippen LogP contribution in [0.3, 0.4) is 0 Å². The summed E-state index contributed by atoms with van der Waals surface area (Å²) in [4.78, 5) is 3.87. The topological polar surface area (TPSA) is 59.1 Å². The predicted octanol–water partition coefficient (Wildman–Crippen LogP) is 1.82. The zero-order valence-corrected chi connectivity index (χ0v) is 10.2. The molecule has 0 amide bonds. The number of sulfonamides is 1. The second-order valence-electron chi connectivity index (χ2n) is 2.48. The van der Waals surface area contributed by atoms with Crippen LogP contribution >= 0.6 is 27.5 Å². The van der Waals surface area contributed by atoms with Crippen molar-refractivity contribution in [3.63, 3.8) is 0 Å². The van der Waals surface area contributed by atoms with Crippen molar-refractivity contribution in [3.8, 4) is 0 Å². The molecule has 1 rings (SSSR count). The number of hydrogen-bond acceptors (Lipinski definition) is 3. The van der Waals surface area contributed by atoms with Gasteiger partial charge in [-0.25, -0.2) is 13.4 Å². The fourth-order valence-electron chi connectivity index (χ4n) is 0.798. The first-order valence-corrected chi connectivity index (χ1v) is 6.69. The van der Waals surface area contributed by atoms with Gasteiger partial charge < -0.3 is 0 Å². The average Bonchev–Trinajstić information content (AvgIpc) is 2.02. The second-order valence-corrected chi connectivity index (χ2v) is 5.51. The van der Waals surface area contributed by atoms with Gasteiger partial charge in [-0.15, -0.1) is 11.6 Å². The van der Waals surface area contributed by atoms with Gasteiger partial charge in [0, 0.05) is 12.1 Å². The van der Waals surface area contributed by atoms with Gasteiger partial charge in [0.1, 0.15) is 4.60 Å². The molecular weight excluding hydrogens is 292 g/mol. The van der Waals surface area contributed by atoms with Crippen molar-refractivity contribution >= 4 is 43.2 Å². The van der Waals surface area contributed by atoms with Gasteiger partial charge in [0.05, 0.1) is 11.4 Å². The second kappa shape index (κ2) is 4.95. The maximum atomic E-state index is 11.3. The lowest BCUT2D eigenvalue weighted by Gasteiger charge is -2.05. The number of nitrogens with zero attached hydrogens (tertiary/aromatic N) is 1. The van der Waals surface area contributed by atoms with E-state index in [0.717, 1.165) is 0 Å². The zero-order chi connectivity index (χ0) is 10.6. The summed E-state index contributed by atoms with van der Waals surface area (Å²) in [5.74, 6) is -0.0317. The Labute approximate surface area is 95.9 Å². The summed E-state index contributed by atoms with van der Waals surface area (Å²) in [7, 11) is -3.33. The van der Waals surface area contributed by atoms with E-state index in [2.05, 4.69) is 25.6 Å². The maximum absolute atomic E-state index is 11.3. The molecular formula is C7H8BrClN2O2S. The van der Waals surface area contributed by atoms with E-state index in [1.54, 1.807) is 12.1 Å². The maximum Gasteiger partial charge on any atom is 0.233 e. The highest BCUT2D eigenvalue weighted by Gasteiger charge is 2.08. The molecule has 78 valence electrons. The fourth-order valence-corrected chi connectivity index (χ4v) is 2.56. The Morgan fingerprint density at radius 1 is 1.57 bits per heavy atom. The number of aromatic nitrogens is 1. The Bertz CT molecular complexity index is 410. The van der Waals surface area contributed by atoms with Gasteiger partial charge in [0.15, 0.2) is 0 Å². The number of hydrogen-bond donors (Lipinski definition) is 1. The zero-order valence-electron chi connectivity index (χ0n) is 7.07. The van der Waals surface area contributed by atoms with Crippen molar-refractivity contribution in [2.45, 2.75) is 0 Å². The molecule has 0 atom stereocenters. The van der Waals surface area contributed by atoms with Crippen LogP contribution in [0.1, 0.15) is 0 Å². The summed E-state index contributed by atoms with van der Waals surface area (Å²) in [6, 6.07) is 3.14. The SMILES string of the molecule is O=S(=O)(CCCl)Nc1ccnc(Br)c1. The van der Waals surface area contributed by atoms with Crippen LogP contribution < -0.4 is 4.72 Å². The smallest absolute Gasteiger partial charge is 0.233 e. The standard InChI is InChI=1S/C7H8BrClN2O2S/c8-7-5-6(1-3-10-7)11-14(12,13)4-2-9/h1,3,5H,2,4H2,(H,10,11). The highest BCUT2D eigenvalue weighted by atomic mass is 79.9. The molecule has 7 heteroatoms. The summed E-state index contributed by atoms with van der Waals surface area (Å²) in [5.41, 5.74) is 0.469. The van der Waals surface area contributed by atoms with Crippen LogP contribution in [-0.2, 0) is 10.0 Å². The van der Waals surface area contributed by atoms with Crippen molar-refractivity contribution < 1.29 is 8.42 Å². The van der Waals surface area contributed by atoms with Gasteiger partial charge in [-0.1, -0.05) is 0 Å². The molecule has 0 spiro atoms. The van der Waals surface area contributed by atoms with Crippen molar-refractivity contribution in [3.05, 3.63) is 22.9 Å². The molecule has 0 fully saturated rings. The third kappa shape index (κ3) is 3.81. The molecule has 1 aromatic rings. The lowest BCUT2D eigenvalue weighted by atomic mass is 10.4. The van der Waals surface area contributed by atoms with E-state index in [1.165, 1.54) is 6.20 Å². The molecule has 0 aliphatic heterocycles. The average molecular weight is 300 g/mol. The number of alkyl halides is 1. The number of rotatable bonds is 4. The van der Waals surface area contributed by atoms with Crippen molar-refractivity contribution in [2.75, 3.05) is 16.4 Å². The molecule has 0 saturated heterocycles. The van der Waals surface area contributed by atoms with Crippen LogP contribution in [0.2, 0.25) is 0 Å². The lowest BCUT2D eigenvalue weighted by Crippen LogP contribution is -2.17. The number of halogens is 2. The van der Waals surface area contributed by atoms with Gasteiger partial charge in [-0.05, 0) is 28.1 Å². The number of pyridine rings is 1. The van der Waals surface area contributed by atoms with Crippen LogP contribution in [0.5, 0.6) is 0 Å². The van der Waals surface area contributed by atoms with E-state index >= 15 is 0 Å². The number of anilines is 1. The molecule has 0 bridgehead atoms. The molecule has 0 unspecified atom stereocenters. The van der Waals surface area contributed by atoms with Gasteiger partial charge in [-0.3, -0.25) is 4.72 Å². The minimum atomic E-state index is -3.33. The molecule has 1 N–H and O–H groups in total. The first-order chi connectivity index (χ1) is 6.53. The Balaban J connectivity index is 2.79. The molecule has 0 radical (unpaired) electrons. The summed E-state index contributed by atoms with van der Waals surface area (Å²) in [6.07, 6.45) is 1.50. The largest absolute Gasteiger partial charge is 0.283 e. The highest BCUT2D eigenvalue weighted by molar-refractivity contribution is 9.10. The van der Waals surface area contributed by atoms with Crippen LogP contribution in [0.15, 0.2) is 22.9 Å². The predicted molar refractivity (Wildman–Crippen MR) is 60.1 cm³/mol. The Morgan fingerprint density at radius 3 is 2.86 bits per heavy atom. The first kappa shape index (κ1) is 11.7. The van der Waals surface area contributed by atoms with Gasteiger partial charge >= 0.3 is 0 Å². The number of nitrogens with one attached hydrogen (secondary N) is 1. The molecule has 4 nitrogen and oxygen atoms in total. The summed E-state index contributed by atoms with van der Waals surface area (Å²) in [6.45, 7) is 0. The van der Waals surface area contributed by atoms with Crippen LogP contribution in [0.25, 0.3) is 0 Å². The third-order valence-electron chi connectivity index (χ3n) is 1.35. The minimum absolute atomic E-state index is 0.0710. The summed E-state index contributed by atoms with van der Waals surface area (Å²) >= 11 is 8.48. The quantitative estimate of drug-likeness (QED) is 0.681. The van der Waals surface area contributed by atoms with Crippen molar-refractivity contribution in [2.24, 2.45) is 0 Å². The molecule has 0 aliphatic rings. The van der Waals surface area contributed by atoms with E-state index < -0.39 is 10.0 Å². The Morgan fingerprint density at radius 2 is 2.29 bits per heavy atom. The molecule has 0 aromatic carbocycles. The molecule has 0 saturated carbocycles. The van der Waals surface area contributed by atoms with Gasteiger partial charge in [0.25, 0.3) is 0 Å².